The Balaban J connectivity index is 4.29. The zero-order chi connectivity index (χ0) is 10.3. The van der Waals surface area contributed by atoms with Gasteiger partial charge in [0.15, 0.2) is 0 Å². The summed E-state index contributed by atoms with van der Waals surface area (Å²) in [6.07, 6.45) is 7.77. The van der Waals surface area contributed by atoms with Crippen LogP contribution in [0, 0.1) is 0 Å². The van der Waals surface area contributed by atoms with Gasteiger partial charge in [-0.25, -0.2) is 0 Å². The molecule has 0 nitrogen and oxygen atoms in total. The van der Waals surface area contributed by atoms with E-state index in [1.165, 1.54) is 16.7 Å². The molecule has 0 rings (SSSR count). The summed E-state index contributed by atoms with van der Waals surface area (Å²) in [7, 11) is 0. The van der Waals surface area contributed by atoms with Crippen LogP contribution in [0.3, 0.4) is 0 Å². The minimum absolute atomic E-state index is 1.04. The van der Waals surface area contributed by atoms with Gasteiger partial charge in [-0.3, -0.25) is 0 Å². The Bertz CT molecular complexity index is 228. The topological polar surface area (TPSA) is 0 Å². The van der Waals surface area contributed by atoms with Gasteiger partial charge in [-0.2, -0.15) is 0 Å². The highest BCUT2D eigenvalue weighted by molar-refractivity contribution is 9.09. The fourth-order valence-electron chi connectivity index (χ4n) is 1.20. The summed E-state index contributed by atoms with van der Waals surface area (Å²) in [5.41, 5.74) is 4.01. The molecule has 0 saturated carbocycles. The smallest absolute Gasteiger partial charge is 0.00661 e. The molecule has 74 valence electrons. The summed E-state index contributed by atoms with van der Waals surface area (Å²) in [6.45, 7) is 8.52. The van der Waals surface area contributed by atoms with Crippen LogP contribution in [0.5, 0.6) is 0 Å². The summed E-state index contributed by atoms with van der Waals surface area (Å²) in [5, 5.41) is 1.04. The molecule has 0 fully saturated rings. The first-order chi connectivity index (χ1) is 6.06. The average molecular weight is 243 g/mol. The van der Waals surface area contributed by atoms with Crippen LogP contribution in [0.25, 0.3) is 0 Å². The van der Waals surface area contributed by atoms with Crippen LogP contribution in [-0.4, -0.2) is 5.33 Å². The number of halogens is 1. The van der Waals surface area contributed by atoms with Crippen molar-refractivity contribution >= 4 is 15.9 Å². The summed E-state index contributed by atoms with van der Waals surface area (Å²) >= 11 is 3.41. The molecule has 0 saturated heterocycles. The van der Waals surface area contributed by atoms with Gasteiger partial charge in [-0.05, 0) is 34.1 Å². The van der Waals surface area contributed by atoms with Crippen LogP contribution in [0.4, 0.5) is 0 Å². The van der Waals surface area contributed by atoms with E-state index in [-0.39, 0.29) is 0 Å². The third-order valence-electron chi connectivity index (χ3n) is 1.55. The largest absolute Gasteiger partial charge is 0.0925 e. The van der Waals surface area contributed by atoms with Crippen molar-refractivity contribution in [2.24, 2.45) is 0 Å². The van der Waals surface area contributed by atoms with E-state index in [4.69, 9.17) is 0 Å². The van der Waals surface area contributed by atoms with Gasteiger partial charge in [0.1, 0.15) is 0 Å². The van der Waals surface area contributed by atoms with Gasteiger partial charge in [0, 0.05) is 5.33 Å². The van der Waals surface area contributed by atoms with Crippen LogP contribution in [0.2, 0.25) is 0 Å². The molecule has 0 radical (unpaired) electrons. The summed E-state index contributed by atoms with van der Waals surface area (Å²) < 4.78 is 0. The molecular formula is C12H19Br. The number of hydrogen-bond acceptors (Lipinski definition) is 0. The van der Waals surface area contributed by atoms with Crippen LogP contribution in [0.15, 0.2) is 34.9 Å². The average Bonchev–Trinajstić information content (AvgIpc) is 1.98. The Hall–Kier alpha value is -0.300. The van der Waals surface area contributed by atoms with E-state index in [9.17, 15) is 0 Å². The van der Waals surface area contributed by atoms with Crippen molar-refractivity contribution in [2.75, 3.05) is 5.33 Å². The van der Waals surface area contributed by atoms with E-state index in [2.05, 4.69) is 61.9 Å². The fraction of sp³-hybridized carbons (Fsp3) is 0.500. The van der Waals surface area contributed by atoms with Crippen LogP contribution < -0.4 is 0 Å². The molecule has 0 aromatic heterocycles. The molecule has 0 unspecified atom stereocenters. The van der Waals surface area contributed by atoms with E-state index in [1.807, 2.05) is 0 Å². The molecule has 0 aliphatic heterocycles. The van der Waals surface area contributed by atoms with Gasteiger partial charge < -0.3 is 0 Å². The van der Waals surface area contributed by atoms with Gasteiger partial charge in [0.2, 0.25) is 0 Å². The fourth-order valence-corrected chi connectivity index (χ4v) is 1.43. The SMILES string of the molecule is CC(C)=C/C(C)=C/C(C)=C/CCBr. The Morgan fingerprint density at radius 3 is 2.08 bits per heavy atom. The molecule has 0 spiro atoms. The molecule has 13 heavy (non-hydrogen) atoms. The zero-order valence-electron chi connectivity index (χ0n) is 9.02. The highest BCUT2D eigenvalue weighted by Gasteiger charge is 1.86. The molecule has 0 bridgehead atoms. The molecule has 0 N–H and O–H groups in total. The zero-order valence-corrected chi connectivity index (χ0v) is 10.6. The van der Waals surface area contributed by atoms with Gasteiger partial charge in [0.05, 0.1) is 0 Å². The first-order valence-corrected chi connectivity index (χ1v) is 5.74. The quantitative estimate of drug-likeness (QED) is 0.498. The predicted molar refractivity (Wildman–Crippen MR) is 65.4 cm³/mol. The lowest BCUT2D eigenvalue weighted by Gasteiger charge is -1.96. The maximum absolute atomic E-state index is 3.41. The van der Waals surface area contributed by atoms with Crippen molar-refractivity contribution in [2.45, 2.75) is 34.1 Å². The number of allylic oxidation sites excluding steroid dienone is 6. The maximum atomic E-state index is 3.41. The lowest BCUT2D eigenvalue weighted by atomic mass is 10.1. The number of hydrogen-bond donors (Lipinski definition) is 0. The van der Waals surface area contributed by atoms with Crippen LogP contribution in [0.1, 0.15) is 34.1 Å². The minimum atomic E-state index is 1.04. The van der Waals surface area contributed by atoms with Gasteiger partial charge >= 0.3 is 0 Å². The lowest BCUT2D eigenvalue weighted by Crippen LogP contribution is -1.76. The van der Waals surface area contributed by atoms with E-state index in [0.717, 1.165) is 11.8 Å². The molecule has 0 aromatic rings. The monoisotopic (exact) mass is 242 g/mol. The van der Waals surface area contributed by atoms with E-state index in [0.29, 0.717) is 0 Å². The van der Waals surface area contributed by atoms with E-state index >= 15 is 0 Å². The highest BCUT2D eigenvalue weighted by atomic mass is 79.9. The van der Waals surface area contributed by atoms with Crippen LogP contribution >= 0.6 is 15.9 Å². The molecule has 1 heteroatoms. The van der Waals surface area contributed by atoms with Crippen LogP contribution in [-0.2, 0) is 0 Å². The lowest BCUT2D eigenvalue weighted by molar-refractivity contribution is 1.22. The first-order valence-electron chi connectivity index (χ1n) is 4.62. The van der Waals surface area contributed by atoms with Crippen molar-refractivity contribution in [3.63, 3.8) is 0 Å². The second-order valence-corrected chi connectivity index (χ2v) is 4.33. The number of alkyl halides is 1. The van der Waals surface area contributed by atoms with Crippen molar-refractivity contribution in [3.8, 4) is 0 Å². The number of rotatable bonds is 4. The molecule has 0 aromatic carbocycles. The summed E-state index contributed by atoms with van der Waals surface area (Å²) in [5.74, 6) is 0. The Morgan fingerprint density at radius 1 is 1.00 bits per heavy atom. The normalized spacial score (nSPS) is 13.0. The van der Waals surface area contributed by atoms with Crippen molar-refractivity contribution in [3.05, 3.63) is 34.9 Å². The summed E-state index contributed by atoms with van der Waals surface area (Å²) in [4.78, 5) is 0. The highest BCUT2D eigenvalue weighted by Crippen LogP contribution is 2.06. The Kier molecular flexibility index (Phi) is 6.97. The van der Waals surface area contributed by atoms with E-state index < -0.39 is 0 Å². The molecule has 0 aliphatic carbocycles. The van der Waals surface area contributed by atoms with Gasteiger partial charge in [0.25, 0.3) is 0 Å². The Morgan fingerprint density at radius 2 is 1.62 bits per heavy atom. The maximum Gasteiger partial charge on any atom is 0.00661 e. The predicted octanol–water partition coefficient (Wildman–Crippen LogP) is 4.63. The van der Waals surface area contributed by atoms with Crippen molar-refractivity contribution < 1.29 is 0 Å². The standard InChI is InChI=1S/C12H19Br/c1-10(2)8-12(4)9-11(3)6-5-7-13/h6,8-9H,5,7H2,1-4H3/b11-6+,12-9+. The first kappa shape index (κ1) is 12.7. The second kappa shape index (κ2) is 7.14. The summed E-state index contributed by atoms with van der Waals surface area (Å²) in [6, 6.07) is 0. The second-order valence-electron chi connectivity index (χ2n) is 3.54. The molecule has 0 atom stereocenters. The molecule has 0 amide bonds. The molecule has 0 aliphatic rings. The van der Waals surface area contributed by atoms with E-state index in [1.54, 1.807) is 0 Å². The van der Waals surface area contributed by atoms with Crippen molar-refractivity contribution in [1.29, 1.82) is 0 Å². The minimum Gasteiger partial charge on any atom is -0.0925 e. The van der Waals surface area contributed by atoms with Crippen molar-refractivity contribution in [1.82, 2.24) is 0 Å². The third-order valence-corrected chi connectivity index (χ3v) is 2.00. The molecule has 0 heterocycles. The third kappa shape index (κ3) is 8.04. The molecular weight excluding hydrogens is 224 g/mol. The van der Waals surface area contributed by atoms with Gasteiger partial charge in [-0.15, -0.1) is 0 Å². The van der Waals surface area contributed by atoms with Gasteiger partial charge in [-0.1, -0.05) is 50.9 Å². The Labute approximate surface area is 90.6 Å².